The van der Waals surface area contributed by atoms with Crippen LogP contribution < -0.4 is 14.4 Å². The average Bonchev–Trinajstić information content (AvgIpc) is 3.08. The van der Waals surface area contributed by atoms with Crippen molar-refractivity contribution in [1.29, 1.82) is 0 Å². The summed E-state index contributed by atoms with van der Waals surface area (Å²) in [5.74, 6) is 0.689. The molecule has 11 heteroatoms. The summed E-state index contributed by atoms with van der Waals surface area (Å²) < 4.78 is 32.6. The molecule has 2 heterocycles. The largest absolute Gasteiger partial charge is 0.476 e. The van der Waals surface area contributed by atoms with Gasteiger partial charge in [0.1, 0.15) is 5.75 Å². The molecule has 0 bridgehead atoms. The number of carbonyl (C=O) groups excluding carboxylic acids is 1. The molecule has 0 radical (unpaired) electrons. The maximum absolute atomic E-state index is 12.6. The molecule has 1 amide bonds. The SMILES string of the molecule is CCSc1nnc(NC(=O)C2CN(S(=O)(=O)CC)c3ccccc3O2)s1. The van der Waals surface area contributed by atoms with Crippen molar-refractivity contribution in [3.05, 3.63) is 24.3 Å². The van der Waals surface area contributed by atoms with Crippen LogP contribution in [0.3, 0.4) is 0 Å². The number of nitrogens with one attached hydrogen (secondary N) is 1. The Bertz CT molecular complexity index is 900. The van der Waals surface area contributed by atoms with Crippen LogP contribution in [0, 0.1) is 0 Å². The molecule has 1 aliphatic rings. The number of hydrogen-bond acceptors (Lipinski definition) is 8. The Morgan fingerprint density at radius 2 is 2.15 bits per heavy atom. The van der Waals surface area contributed by atoms with Gasteiger partial charge in [-0.1, -0.05) is 42.2 Å². The number of aromatic nitrogens is 2. The van der Waals surface area contributed by atoms with Crippen LogP contribution in [0.25, 0.3) is 0 Å². The van der Waals surface area contributed by atoms with Crippen LogP contribution in [0.4, 0.5) is 10.8 Å². The number of sulfonamides is 1. The van der Waals surface area contributed by atoms with E-state index in [-0.39, 0.29) is 12.3 Å². The first-order chi connectivity index (χ1) is 12.4. The van der Waals surface area contributed by atoms with Crippen molar-refractivity contribution in [1.82, 2.24) is 10.2 Å². The number of para-hydroxylation sites is 2. The zero-order chi connectivity index (χ0) is 18.7. The van der Waals surface area contributed by atoms with Crippen molar-refractivity contribution >= 4 is 49.8 Å². The first-order valence-electron chi connectivity index (χ1n) is 7.98. The lowest BCUT2D eigenvalue weighted by molar-refractivity contribution is -0.122. The van der Waals surface area contributed by atoms with Gasteiger partial charge in [0.2, 0.25) is 15.2 Å². The van der Waals surface area contributed by atoms with Crippen LogP contribution in [0.1, 0.15) is 13.8 Å². The fourth-order valence-corrected chi connectivity index (χ4v) is 5.16. The zero-order valence-electron chi connectivity index (χ0n) is 14.2. The van der Waals surface area contributed by atoms with E-state index >= 15 is 0 Å². The third-order valence-electron chi connectivity index (χ3n) is 3.63. The van der Waals surface area contributed by atoms with E-state index in [1.807, 2.05) is 6.92 Å². The van der Waals surface area contributed by atoms with Gasteiger partial charge in [0, 0.05) is 0 Å². The molecule has 0 spiro atoms. The van der Waals surface area contributed by atoms with Crippen LogP contribution in [-0.2, 0) is 14.8 Å². The first-order valence-corrected chi connectivity index (χ1v) is 11.4. The molecule has 26 heavy (non-hydrogen) atoms. The Morgan fingerprint density at radius 1 is 1.38 bits per heavy atom. The summed E-state index contributed by atoms with van der Waals surface area (Å²) in [5.41, 5.74) is 0.441. The number of hydrogen-bond donors (Lipinski definition) is 1. The minimum atomic E-state index is -3.53. The number of nitrogens with zero attached hydrogens (tertiary/aromatic N) is 3. The number of thioether (sulfide) groups is 1. The molecule has 0 fully saturated rings. The van der Waals surface area contributed by atoms with E-state index < -0.39 is 22.0 Å². The number of rotatable bonds is 6. The van der Waals surface area contributed by atoms with E-state index in [1.54, 1.807) is 31.2 Å². The van der Waals surface area contributed by atoms with Crippen molar-refractivity contribution in [2.24, 2.45) is 0 Å². The third-order valence-corrected chi connectivity index (χ3v) is 7.23. The molecule has 0 saturated heterocycles. The molecule has 1 N–H and O–H groups in total. The lowest BCUT2D eigenvalue weighted by Gasteiger charge is -2.34. The molecule has 8 nitrogen and oxygen atoms in total. The molecular formula is C15H18N4O4S3. The zero-order valence-corrected chi connectivity index (χ0v) is 16.7. The average molecular weight is 415 g/mol. The summed E-state index contributed by atoms with van der Waals surface area (Å²) in [5, 5.41) is 10.9. The summed E-state index contributed by atoms with van der Waals surface area (Å²) in [4.78, 5) is 12.6. The lowest BCUT2D eigenvalue weighted by Crippen LogP contribution is -2.49. The van der Waals surface area contributed by atoms with E-state index in [9.17, 15) is 13.2 Å². The van der Waals surface area contributed by atoms with Crippen molar-refractivity contribution < 1.29 is 17.9 Å². The standard InChI is InChI=1S/C15H18N4O4S3/c1-3-24-15-18-17-14(25-15)16-13(20)12-9-19(26(21,22)4-2)10-7-5-6-8-11(10)23-12/h5-8,12H,3-4,9H2,1-2H3,(H,16,17,20). The van der Waals surface area contributed by atoms with E-state index in [1.165, 1.54) is 27.4 Å². The number of ether oxygens (including phenoxy) is 1. The second kappa shape index (κ2) is 7.80. The molecule has 2 aromatic rings. The second-order valence-electron chi connectivity index (χ2n) is 5.30. The molecular weight excluding hydrogens is 396 g/mol. The molecule has 0 aliphatic carbocycles. The first kappa shape index (κ1) is 18.9. The maximum atomic E-state index is 12.6. The molecule has 1 unspecified atom stereocenters. The van der Waals surface area contributed by atoms with Crippen molar-refractivity contribution in [2.75, 3.05) is 27.7 Å². The second-order valence-corrected chi connectivity index (χ2v) is 9.97. The van der Waals surface area contributed by atoms with Crippen molar-refractivity contribution in [2.45, 2.75) is 24.3 Å². The highest BCUT2D eigenvalue weighted by molar-refractivity contribution is 8.01. The number of anilines is 2. The summed E-state index contributed by atoms with van der Waals surface area (Å²) in [6, 6.07) is 6.77. The van der Waals surface area contributed by atoms with Gasteiger partial charge in [0.25, 0.3) is 5.91 Å². The Morgan fingerprint density at radius 3 is 2.88 bits per heavy atom. The number of amides is 1. The summed E-state index contributed by atoms with van der Waals surface area (Å²) in [7, 11) is -3.53. The Hall–Kier alpha value is -1.85. The molecule has 1 aromatic heterocycles. The molecule has 140 valence electrons. The molecule has 3 rings (SSSR count). The van der Waals surface area contributed by atoms with Gasteiger partial charge < -0.3 is 4.74 Å². The Kier molecular flexibility index (Phi) is 5.68. The van der Waals surface area contributed by atoms with Gasteiger partial charge >= 0.3 is 0 Å². The molecule has 0 saturated carbocycles. The fourth-order valence-electron chi connectivity index (χ4n) is 2.39. The fraction of sp³-hybridized carbons (Fsp3) is 0.400. The van der Waals surface area contributed by atoms with E-state index in [0.29, 0.717) is 16.6 Å². The summed E-state index contributed by atoms with van der Waals surface area (Å²) in [6.45, 7) is 3.48. The van der Waals surface area contributed by atoms with Gasteiger partial charge in [-0.05, 0) is 24.8 Å². The Balaban J connectivity index is 1.81. The van der Waals surface area contributed by atoms with Crippen molar-refractivity contribution in [3.8, 4) is 5.75 Å². The van der Waals surface area contributed by atoms with Gasteiger partial charge in [-0.25, -0.2) is 8.42 Å². The molecule has 1 aromatic carbocycles. The van der Waals surface area contributed by atoms with Crippen LogP contribution in [0.5, 0.6) is 5.75 Å². The van der Waals surface area contributed by atoms with Gasteiger partial charge in [-0.2, -0.15) is 0 Å². The summed E-state index contributed by atoms with van der Waals surface area (Å²) in [6.07, 6.45) is -0.975. The highest BCUT2D eigenvalue weighted by Crippen LogP contribution is 2.35. The maximum Gasteiger partial charge on any atom is 0.269 e. The highest BCUT2D eigenvalue weighted by atomic mass is 32.2. The van der Waals surface area contributed by atoms with Gasteiger partial charge in [-0.15, -0.1) is 10.2 Å². The van der Waals surface area contributed by atoms with Crippen molar-refractivity contribution in [3.63, 3.8) is 0 Å². The minimum absolute atomic E-state index is 0.0658. The van der Waals surface area contributed by atoms with E-state index in [2.05, 4.69) is 15.5 Å². The third kappa shape index (κ3) is 3.94. The van der Waals surface area contributed by atoms with Crippen LogP contribution in [0.2, 0.25) is 0 Å². The van der Waals surface area contributed by atoms with Crippen LogP contribution in [0.15, 0.2) is 28.6 Å². The number of fused-ring (bicyclic) bond motifs is 1. The van der Waals surface area contributed by atoms with E-state index in [4.69, 9.17) is 4.74 Å². The summed E-state index contributed by atoms with van der Waals surface area (Å²) >= 11 is 2.80. The minimum Gasteiger partial charge on any atom is -0.476 e. The quantitative estimate of drug-likeness (QED) is 0.571. The smallest absolute Gasteiger partial charge is 0.269 e. The van der Waals surface area contributed by atoms with Gasteiger partial charge in [0.15, 0.2) is 10.4 Å². The molecule has 1 aliphatic heterocycles. The predicted molar refractivity (Wildman–Crippen MR) is 103 cm³/mol. The molecule has 1 atom stereocenters. The predicted octanol–water partition coefficient (Wildman–Crippen LogP) is 2.21. The van der Waals surface area contributed by atoms with Crippen LogP contribution >= 0.6 is 23.1 Å². The van der Waals surface area contributed by atoms with Gasteiger partial charge in [0.05, 0.1) is 18.0 Å². The number of benzene rings is 1. The topological polar surface area (TPSA) is 101 Å². The highest BCUT2D eigenvalue weighted by Gasteiger charge is 2.36. The van der Waals surface area contributed by atoms with Crippen LogP contribution in [-0.4, -0.2) is 48.7 Å². The normalized spacial score (nSPS) is 16.7. The lowest BCUT2D eigenvalue weighted by atomic mass is 10.2. The van der Waals surface area contributed by atoms with E-state index in [0.717, 1.165) is 10.1 Å². The number of carbonyl (C=O) groups is 1. The Labute approximate surface area is 160 Å². The monoisotopic (exact) mass is 414 g/mol. The van der Waals surface area contributed by atoms with Gasteiger partial charge in [-0.3, -0.25) is 14.4 Å².